The lowest BCUT2D eigenvalue weighted by molar-refractivity contribution is -0.142. The van der Waals surface area contributed by atoms with Crippen molar-refractivity contribution in [1.82, 2.24) is 5.32 Å². The van der Waals surface area contributed by atoms with Crippen LogP contribution in [-0.4, -0.2) is 36.2 Å². The largest absolute Gasteiger partial charge is 0.480 e. The number of halogens is 1. The van der Waals surface area contributed by atoms with Crippen molar-refractivity contribution in [3.63, 3.8) is 0 Å². The number of hydrogen-bond donors (Lipinski definition) is 2. The van der Waals surface area contributed by atoms with Gasteiger partial charge in [0.1, 0.15) is 12.6 Å². The molecule has 0 aliphatic carbocycles. The molecule has 0 saturated carbocycles. The Morgan fingerprint density at radius 3 is 2.60 bits per heavy atom. The molecule has 6 heteroatoms. The zero-order valence-electron chi connectivity index (χ0n) is 8.46. The Bertz CT molecular complexity index is 254. The molecular weight excluding hydrogens is 266 g/mol. The lowest BCUT2D eigenvalue weighted by Crippen LogP contribution is -2.42. The van der Waals surface area contributed by atoms with Gasteiger partial charge >= 0.3 is 5.97 Å². The fourth-order valence-electron chi connectivity index (χ4n) is 0.852. The van der Waals surface area contributed by atoms with E-state index in [1.54, 1.807) is 6.92 Å². The Kier molecular flexibility index (Phi) is 6.98. The fraction of sp³-hybridized carbons (Fsp3) is 0.556. The molecule has 0 aliphatic rings. The van der Waals surface area contributed by atoms with E-state index in [1.807, 2.05) is 0 Å². The third-order valence-electron chi connectivity index (χ3n) is 1.50. The van der Waals surface area contributed by atoms with Crippen LogP contribution in [0.1, 0.15) is 13.3 Å². The first-order chi connectivity index (χ1) is 6.97. The molecular formula is C9H14BrNO4. The van der Waals surface area contributed by atoms with Crippen molar-refractivity contribution in [3.8, 4) is 0 Å². The van der Waals surface area contributed by atoms with Crippen LogP contribution >= 0.6 is 15.9 Å². The third kappa shape index (κ3) is 7.10. The molecule has 15 heavy (non-hydrogen) atoms. The van der Waals surface area contributed by atoms with Gasteiger partial charge in [0.15, 0.2) is 0 Å². The summed E-state index contributed by atoms with van der Waals surface area (Å²) in [6.45, 7) is 5.55. The van der Waals surface area contributed by atoms with Gasteiger partial charge in [-0.25, -0.2) is 4.79 Å². The van der Waals surface area contributed by atoms with Crippen molar-refractivity contribution in [2.24, 2.45) is 0 Å². The minimum atomic E-state index is -1.10. The third-order valence-corrected chi connectivity index (χ3v) is 1.82. The van der Waals surface area contributed by atoms with Crippen LogP contribution in [-0.2, 0) is 14.3 Å². The highest BCUT2D eigenvalue weighted by Crippen LogP contribution is 2.10. The SMILES string of the molecule is C=C(Br)C[C@H](NC(=O)COCC)C(=O)O. The quantitative estimate of drug-likeness (QED) is 0.726. The summed E-state index contributed by atoms with van der Waals surface area (Å²) in [4.78, 5) is 21.9. The number of ether oxygens (including phenoxy) is 1. The van der Waals surface area contributed by atoms with E-state index < -0.39 is 17.9 Å². The second-order valence-electron chi connectivity index (χ2n) is 2.82. The van der Waals surface area contributed by atoms with Gasteiger partial charge in [0.05, 0.1) is 0 Å². The molecule has 1 atom stereocenters. The molecule has 0 unspecified atom stereocenters. The van der Waals surface area contributed by atoms with Crippen LogP contribution < -0.4 is 5.32 Å². The van der Waals surface area contributed by atoms with E-state index in [1.165, 1.54) is 0 Å². The molecule has 0 heterocycles. The zero-order chi connectivity index (χ0) is 11.8. The van der Waals surface area contributed by atoms with Crippen LogP contribution in [0.2, 0.25) is 0 Å². The summed E-state index contributed by atoms with van der Waals surface area (Å²) >= 11 is 3.05. The van der Waals surface area contributed by atoms with Crippen LogP contribution in [0.3, 0.4) is 0 Å². The monoisotopic (exact) mass is 279 g/mol. The molecule has 0 radical (unpaired) electrons. The van der Waals surface area contributed by atoms with Gasteiger partial charge in [0, 0.05) is 13.0 Å². The van der Waals surface area contributed by atoms with E-state index in [-0.39, 0.29) is 13.0 Å². The van der Waals surface area contributed by atoms with Gasteiger partial charge in [0.25, 0.3) is 0 Å². The molecule has 0 bridgehead atoms. The lowest BCUT2D eigenvalue weighted by Gasteiger charge is -2.13. The number of hydrogen-bond acceptors (Lipinski definition) is 3. The molecule has 0 fully saturated rings. The molecule has 1 amide bonds. The van der Waals surface area contributed by atoms with Gasteiger partial charge in [-0.15, -0.1) is 0 Å². The fourth-order valence-corrected chi connectivity index (χ4v) is 1.18. The molecule has 5 nitrogen and oxygen atoms in total. The molecule has 0 aromatic heterocycles. The van der Waals surface area contributed by atoms with E-state index in [0.717, 1.165) is 0 Å². The van der Waals surface area contributed by atoms with Gasteiger partial charge in [-0.1, -0.05) is 22.5 Å². The molecule has 2 N–H and O–H groups in total. The van der Waals surface area contributed by atoms with Gasteiger partial charge in [-0.05, 0) is 11.4 Å². The average molecular weight is 280 g/mol. The number of carboxylic acids is 1. The Morgan fingerprint density at radius 2 is 2.20 bits per heavy atom. The van der Waals surface area contributed by atoms with Crippen molar-refractivity contribution < 1.29 is 19.4 Å². The number of aliphatic carboxylic acids is 1. The van der Waals surface area contributed by atoms with Gasteiger partial charge < -0.3 is 15.2 Å². The van der Waals surface area contributed by atoms with E-state index in [4.69, 9.17) is 9.84 Å². The van der Waals surface area contributed by atoms with E-state index >= 15 is 0 Å². The number of carboxylic acid groups (broad SMARTS) is 1. The topological polar surface area (TPSA) is 75.6 Å². The predicted molar refractivity (Wildman–Crippen MR) is 58.7 cm³/mol. The second-order valence-corrected chi connectivity index (χ2v) is 3.94. The maximum Gasteiger partial charge on any atom is 0.326 e. The molecule has 0 spiro atoms. The van der Waals surface area contributed by atoms with Crippen molar-refractivity contribution in [1.29, 1.82) is 0 Å². The average Bonchev–Trinajstić information content (AvgIpc) is 2.12. The molecule has 86 valence electrons. The number of nitrogens with one attached hydrogen (secondary N) is 1. The number of rotatable bonds is 7. The zero-order valence-corrected chi connectivity index (χ0v) is 10.0. The Hall–Kier alpha value is -0.880. The van der Waals surface area contributed by atoms with Crippen LogP contribution in [0.5, 0.6) is 0 Å². The summed E-state index contributed by atoms with van der Waals surface area (Å²) in [6.07, 6.45) is 0.146. The summed E-state index contributed by atoms with van der Waals surface area (Å²) in [5.41, 5.74) is 0. The van der Waals surface area contributed by atoms with Crippen molar-refractivity contribution in [3.05, 3.63) is 11.1 Å². The molecule has 0 aliphatic heterocycles. The maximum absolute atomic E-state index is 11.2. The first-order valence-corrected chi connectivity index (χ1v) is 5.19. The highest BCUT2D eigenvalue weighted by atomic mass is 79.9. The van der Waals surface area contributed by atoms with Crippen molar-refractivity contribution in [2.75, 3.05) is 13.2 Å². The summed E-state index contributed by atoms with van der Waals surface area (Å²) < 4.78 is 5.36. The Labute approximate surface area is 96.6 Å². The smallest absolute Gasteiger partial charge is 0.326 e. The Balaban J connectivity index is 4.10. The van der Waals surface area contributed by atoms with Crippen molar-refractivity contribution >= 4 is 27.8 Å². The van der Waals surface area contributed by atoms with E-state index in [2.05, 4.69) is 27.8 Å². The Morgan fingerprint density at radius 1 is 1.60 bits per heavy atom. The molecule has 0 rings (SSSR count). The standard InChI is InChI=1S/C9H14BrNO4/c1-3-15-5-8(12)11-7(9(13)14)4-6(2)10/h7H,2-5H2,1H3,(H,11,12)(H,13,14)/t7-/m0/s1. The van der Waals surface area contributed by atoms with Crippen LogP contribution in [0.25, 0.3) is 0 Å². The van der Waals surface area contributed by atoms with E-state index in [0.29, 0.717) is 11.1 Å². The highest BCUT2D eigenvalue weighted by Gasteiger charge is 2.19. The van der Waals surface area contributed by atoms with Crippen LogP contribution in [0, 0.1) is 0 Å². The number of carbonyl (C=O) groups excluding carboxylic acids is 1. The minimum Gasteiger partial charge on any atom is -0.480 e. The lowest BCUT2D eigenvalue weighted by atomic mass is 10.2. The maximum atomic E-state index is 11.2. The van der Waals surface area contributed by atoms with Crippen LogP contribution in [0.4, 0.5) is 0 Å². The first kappa shape index (κ1) is 14.1. The molecule has 0 aromatic carbocycles. The summed E-state index contributed by atoms with van der Waals surface area (Å²) in [7, 11) is 0. The number of carbonyl (C=O) groups is 2. The molecule has 0 aromatic rings. The highest BCUT2D eigenvalue weighted by molar-refractivity contribution is 9.11. The van der Waals surface area contributed by atoms with Gasteiger partial charge in [0.2, 0.25) is 5.91 Å². The minimum absolute atomic E-state index is 0.130. The normalized spacial score (nSPS) is 11.9. The first-order valence-electron chi connectivity index (χ1n) is 4.40. The molecule has 0 saturated heterocycles. The van der Waals surface area contributed by atoms with Gasteiger partial charge in [-0.3, -0.25) is 4.79 Å². The second kappa shape index (κ2) is 7.42. The van der Waals surface area contributed by atoms with Crippen LogP contribution in [0.15, 0.2) is 11.1 Å². The van der Waals surface area contributed by atoms with E-state index in [9.17, 15) is 9.59 Å². The van der Waals surface area contributed by atoms with Crippen molar-refractivity contribution in [2.45, 2.75) is 19.4 Å². The number of amides is 1. The summed E-state index contributed by atoms with van der Waals surface area (Å²) in [6, 6.07) is -0.968. The summed E-state index contributed by atoms with van der Waals surface area (Å²) in [5.74, 6) is -1.54. The van der Waals surface area contributed by atoms with Gasteiger partial charge in [-0.2, -0.15) is 0 Å². The summed E-state index contributed by atoms with van der Waals surface area (Å²) in [5, 5.41) is 11.1. The predicted octanol–water partition coefficient (Wildman–Crippen LogP) is 0.891.